The lowest BCUT2D eigenvalue weighted by molar-refractivity contribution is -0.137. The van der Waals surface area contributed by atoms with Crippen LogP contribution in [0.2, 0.25) is 0 Å². The summed E-state index contributed by atoms with van der Waals surface area (Å²) in [7, 11) is 0. The number of guanidine groups is 1. The number of hydrogen-bond acceptors (Lipinski definition) is 6. The van der Waals surface area contributed by atoms with Crippen LogP contribution in [0.15, 0.2) is 52.6 Å². The summed E-state index contributed by atoms with van der Waals surface area (Å²) in [4.78, 5) is 28.8. The molecule has 1 aliphatic rings. The Hall–Kier alpha value is -4.23. The number of H-pyrrole nitrogens is 1. The van der Waals surface area contributed by atoms with Crippen molar-refractivity contribution in [2.24, 2.45) is 9.98 Å². The molecular formula is C24H24F3N7O3. The van der Waals surface area contributed by atoms with Crippen LogP contribution in [0.25, 0.3) is 16.6 Å². The van der Waals surface area contributed by atoms with Gasteiger partial charge in [0.15, 0.2) is 0 Å². The number of benzene rings is 2. The summed E-state index contributed by atoms with van der Waals surface area (Å²) in [6.07, 6.45) is -3.30. The highest BCUT2D eigenvalue weighted by Crippen LogP contribution is 2.37. The number of nitrogens with zero attached hydrogens (tertiary/aromatic N) is 4. The zero-order valence-electron chi connectivity index (χ0n) is 19.8. The average molecular weight is 515 g/mol. The highest BCUT2D eigenvalue weighted by Gasteiger charge is 2.34. The molecule has 0 radical (unpaired) electrons. The van der Waals surface area contributed by atoms with Crippen LogP contribution < -0.4 is 10.8 Å². The van der Waals surface area contributed by atoms with Crippen LogP contribution in [-0.2, 0) is 10.9 Å². The summed E-state index contributed by atoms with van der Waals surface area (Å²) in [6.45, 7) is 7.17. The van der Waals surface area contributed by atoms with Gasteiger partial charge >= 0.3 is 6.18 Å². The number of carbonyl (C=O) groups is 1. The molecule has 2 aromatic carbocycles. The smallest absolute Gasteiger partial charge is 0.378 e. The minimum atomic E-state index is -4.63. The Morgan fingerprint density at radius 2 is 2.03 bits per heavy atom. The SMILES string of the molecule is C=N/C(=N\C=C(/C)c1cc2[nH]c(Nc3cccc(C(=O)NO)c3)nc2cc1C(F)(F)F)N1CCOCC1. The third-order valence-corrected chi connectivity index (χ3v) is 5.65. The first kappa shape index (κ1) is 25.9. The number of fused-ring (bicyclic) bond motifs is 1. The molecule has 0 aliphatic carbocycles. The summed E-state index contributed by atoms with van der Waals surface area (Å²) in [5.41, 5.74) is 1.97. The van der Waals surface area contributed by atoms with E-state index in [1.165, 1.54) is 31.3 Å². The van der Waals surface area contributed by atoms with Gasteiger partial charge in [0.1, 0.15) is 0 Å². The lowest BCUT2D eigenvalue weighted by Crippen LogP contribution is -2.39. The van der Waals surface area contributed by atoms with Crippen molar-refractivity contribution >= 4 is 46.8 Å². The van der Waals surface area contributed by atoms with E-state index in [0.29, 0.717) is 43.5 Å². The fraction of sp³-hybridized carbons (Fsp3) is 0.250. The number of nitrogens with one attached hydrogen (secondary N) is 3. The van der Waals surface area contributed by atoms with Crippen molar-refractivity contribution in [1.29, 1.82) is 0 Å². The normalized spacial score (nSPS) is 15.1. The van der Waals surface area contributed by atoms with Gasteiger partial charge in [-0.3, -0.25) is 10.0 Å². The Balaban J connectivity index is 1.68. The molecule has 1 amide bonds. The molecule has 194 valence electrons. The summed E-state index contributed by atoms with van der Waals surface area (Å²) in [6, 6.07) is 8.49. The number of hydroxylamine groups is 1. The van der Waals surface area contributed by atoms with Crippen molar-refractivity contribution in [3.8, 4) is 0 Å². The zero-order chi connectivity index (χ0) is 26.6. The van der Waals surface area contributed by atoms with Gasteiger partial charge in [-0.05, 0) is 55.1 Å². The Labute approximate surface area is 209 Å². The molecule has 13 heteroatoms. The van der Waals surface area contributed by atoms with Gasteiger partial charge in [0.05, 0.1) is 29.8 Å². The second-order valence-electron chi connectivity index (χ2n) is 8.14. The maximum atomic E-state index is 14.0. The highest BCUT2D eigenvalue weighted by atomic mass is 19.4. The molecule has 2 heterocycles. The van der Waals surface area contributed by atoms with Gasteiger partial charge in [0.25, 0.3) is 5.91 Å². The molecule has 1 saturated heterocycles. The molecule has 4 rings (SSSR count). The van der Waals surface area contributed by atoms with Crippen molar-refractivity contribution < 1.29 is 27.9 Å². The Morgan fingerprint density at radius 1 is 1.27 bits per heavy atom. The number of aliphatic imine (C=N–C) groups is 2. The van der Waals surface area contributed by atoms with Gasteiger partial charge in [-0.2, -0.15) is 13.2 Å². The minimum Gasteiger partial charge on any atom is -0.378 e. The van der Waals surface area contributed by atoms with E-state index in [4.69, 9.17) is 9.94 Å². The van der Waals surface area contributed by atoms with E-state index in [2.05, 4.69) is 32.0 Å². The standard InChI is InChI=1S/C24H24F3N7O3/c1-14(13-29-23(28-2)34-6-8-37-9-7-34)17-11-19-20(12-18(17)24(25,26)27)32-22(31-19)30-16-5-3-4-15(10-16)21(35)33-36/h3-5,10-13,36H,2,6-9H2,1H3,(H,33,35)(H2,30,31,32)/b14-13+,29-23+. The van der Waals surface area contributed by atoms with E-state index in [1.54, 1.807) is 17.6 Å². The number of carbonyl (C=O) groups excluding carboxylic acids is 1. The molecule has 0 atom stereocenters. The molecule has 37 heavy (non-hydrogen) atoms. The largest absolute Gasteiger partial charge is 0.417 e. The van der Waals surface area contributed by atoms with Crippen LogP contribution in [0.5, 0.6) is 0 Å². The number of aromatic amines is 1. The molecular weight excluding hydrogens is 491 g/mol. The molecule has 4 N–H and O–H groups in total. The van der Waals surface area contributed by atoms with E-state index >= 15 is 0 Å². The average Bonchev–Trinajstić information content (AvgIpc) is 3.29. The van der Waals surface area contributed by atoms with Gasteiger partial charge in [0.2, 0.25) is 11.9 Å². The van der Waals surface area contributed by atoms with Gasteiger partial charge in [-0.15, -0.1) is 0 Å². The molecule has 0 spiro atoms. The van der Waals surface area contributed by atoms with Crippen LogP contribution in [0, 0.1) is 0 Å². The summed E-state index contributed by atoms with van der Waals surface area (Å²) < 4.78 is 47.2. The Morgan fingerprint density at radius 3 is 2.70 bits per heavy atom. The third-order valence-electron chi connectivity index (χ3n) is 5.65. The number of alkyl halides is 3. The van der Waals surface area contributed by atoms with Crippen LogP contribution in [0.3, 0.4) is 0 Å². The fourth-order valence-corrected chi connectivity index (χ4v) is 3.83. The number of anilines is 2. The first-order valence-corrected chi connectivity index (χ1v) is 11.2. The number of ether oxygens (including phenoxy) is 1. The molecule has 1 aromatic heterocycles. The minimum absolute atomic E-state index is 0.0639. The van der Waals surface area contributed by atoms with Gasteiger partial charge in [-0.25, -0.2) is 20.4 Å². The van der Waals surface area contributed by atoms with E-state index in [-0.39, 0.29) is 28.2 Å². The maximum Gasteiger partial charge on any atom is 0.417 e. The monoisotopic (exact) mass is 515 g/mol. The van der Waals surface area contributed by atoms with Gasteiger partial charge in [0, 0.05) is 30.5 Å². The summed E-state index contributed by atoms with van der Waals surface area (Å²) in [5, 5.41) is 11.7. The lowest BCUT2D eigenvalue weighted by atomic mass is 10.00. The van der Waals surface area contributed by atoms with Crippen molar-refractivity contribution in [3.05, 3.63) is 59.3 Å². The topological polar surface area (TPSA) is 127 Å². The predicted molar refractivity (Wildman–Crippen MR) is 133 cm³/mol. The number of aromatic nitrogens is 2. The Bertz CT molecular complexity index is 1380. The first-order chi connectivity index (χ1) is 17.7. The molecule has 0 saturated carbocycles. The van der Waals surface area contributed by atoms with Crippen molar-refractivity contribution in [1.82, 2.24) is 20.3 Å². The van der Waals surface area contributed by atoms with Crippen LogP contribution in [-0.4, -0.2) is 65.0 Å². The Kier molecular flexibility index (Phi) is 7.55. The third kappa shape index (κ3) is 5.95. The van der Waals surface area contributed by atoms with Gasteiger partial charge < -0.3 is 19.9 Å². The number of amides is 1. The number of rotatable bonds is 5. The number of morpholine rings is 1. The van der Waals surface area contributed by atoms with Crippen molar-refractivity contribution in [2.45, 2.75) is 13.1 Å². The lowest BCUT2D eigenvalue weighted by Gasteiger charge is -2.27. The van der Waals surface area contributed by atoms with E-state index in [1.807, 2.05) is 4.90 Å². The van der Waals surface area contributed by atoms with Crippen LogP contribution in [0.4, 0.5) is 24.8 Å². The second-order valence-corrected chi connectivity index (χ2v) is 8.14. The number of halogens is 3. The quantitative estimate of drug-likeness (QED) is 0.175. The van der Waals surface area contributed by atoms with Crippen LogP contribution in [0.1, 0.15) is 28.4 Å². The number of imidazole rings is 1. The molecule has 0 unspecified atom stereocenters. The van der Waals surface area contributed by atoms with Crippen LogP contribution >= 0.6 is 0 Å². The predicted octanol–water partition coefficient (Wildman–Crippen LogP) is 4.19. The van der Waals surface area contributed by atoms with E-state index in [0.717, 1.165) is 6.07 Å². The van der Waals surface area contributed by atoms with Gasteiger partial charge in [-0.1, -0.05) is 6.07 Å². The first-order valence-electron chi connectivity index (χ1n) is 11.2. The molecule has 10 nitrogen and oxygen atoms in total. The summed E-state index contributed by atoms with van der Waals surface area (Å²) >= 11 is 0. The maximum absolute atomic E-state index is 14.0. The van der Waals surface area contributed by atoms with Crippen molar-refractivity contribution in [3.63, 3.8) is 0 Å². The fourth-order valence-electron chi connectivity index (χ4n) is 3.83. The summed E-state index contributed by atoms with van der Waals surface area (Å²) in [5.74, 6) is -0.226. The zero-order valence-corrected chi connectivity index (χ0v) is 19.8. The van der Waals surface area contributed by atoms with E-state index in [9.17, 15) is 18.0 Å². The highest BCUT2D eigenvalue weighted by molar-refractivity contribution is 5.94. The number of allylic oxidation sites excluding steroid dienone is 1. The second kappa shape index (κ2) is 10.8. The molecule has 0 bridgehead atoms. The number of hydrogen-bond donors (Lipinski definition) is 4. The molecule has 3 aromatic rings. The van der Waals surface area contributed by atoms with Crippen molar-refractivity contribution in [2.75, 3.05) is 31.6 Å². The molecule has 1 fully saturated rings. The molecule has 1 aliphatic heterocycles. The van der Waals surface area contributed by atoms with E-state index < -0.39 is 17.6 Å².